The van der Waals surface area contributed by atoms with Crippen molar-refractivity contribution in [3.8, 4) is 0 Å². The molecule has 14 unspecified atom stereocenters. The van der Waals surface area contributed by atoms with E-state index in [2.05, 4.69) is 0 Å². The number of aliphatic hydroxyl groups is 7. The summed E-state index contributed by atoms with van der Waals surface area (Å²) in [6.45, 7) is 2.85. The highest BCUT2D eigenvalue weighted by atomic mass is 16.7. The summed E-state index contributed by atoms with van der Waals surface area (Å²) >= 11 is 0. The van der Waals surface area contributed by atoms with E-state index in [-0.39, 0.29) is 24.9 Å². The van der Waals surface area contributed by atoms with E-state index < -0.39 is 83.3 Å². The van der Waals surface area contributed by atoms with Gasteiger partial charge in [0, 0.05) is 11.3 Å². The third-order valence-corrected chi connectivity index (χ3v) is 11.2. The van der Waals surface area contributed by atoms with Crippen molar-refractivity contribution in [1.82, 2.24) is 0 Å². The van der Waals surface area contributed by atoms with E-state index in [0.29, 0.717) is 32.1 Å². The van der Waals surface area contributed by atoms with Crippen LogP contribution in [-0.4, -0.2) is 109 Å². The Kier molecular flexibility index (Phi) is 6.78. The molecule has 2 bridgehead atoms. The van der Waals surface area contributed by atoms with E-state index >= 15 is 0 Å². The predicted molar refractivity (Wildman–Crippen MR) is 126 cm³/mol. The number of fused-ring (bicyclic) bond motifs is 3. The maximum Gasteiger partial charge on any atom is 0.309 e. The van der Waals surface area contributed by atoms with Crippen LogP contribution in [0.5, 0.6) is 0 Å². The smallest absolute Gasteiger partial charge is 0.309 e. The van der Waals surface area contributed by atoms with E-state index in [1.165, 1.54) is 0 Å². The minimum Gasteiger partial charge on any atom is -0.481 e. The van der Waals surface area contributed by atoms with Crippen molar-refractivity contribution in [2.45, 2.75) is 107 Å². The molecule has 1 aliphatic heterocycles. The second kappa shape index (κ2) is 9.07. The zero-order chi connectivity index (χ0) is 27.1. The van der Waals surface area contributed by atoms with Gasteiger partial charge in [0.05, 0.1) is 36.4 Å². The van der Waals surface area contributed by atoms with Gasteiger partial charge in [-0.3, -0.25) is 4.79 Å². The highest BCUT2D eigenvalue weighted by Gasteiger charge is 2.74. The van der Waals surface area contributed by atoms with Crippen molar-refractivity contribution < 1.29 is 55.1 Å². The maximum absolute atomic E-state index is 12.4. The number of ether oxygens (including phenoxy) is 2. The molecule has 0 aromatic rings. The van der Waals surface area contributed by atoms with Crippen LogP contribution in [0.15, 0.2) is 0 Å². The highest BCUT2D eigenvalue weighted by molar-refractivity contribution is 5.75. The van der Waals surface area contributed by atoms with Crippen LogP contribution < -0.4 is 0 Å². The fraction of sp³-hybridized carbons (Fsp3) is 0.962. The average molecular weight is 531 g/mol. The van der Waals surface area contributed by atoms with Crippen LogP contribution in [0.1, 0.15) is 58.8 Å². The first-order valence-electron chi connectivity index (χ1n) is 13.5. The molecule has 11 nitrogen and oxygen atoms in total. The molecule has 37 heavy (non-hydrogen) atoms. The lowest BCUT2D eigenvalue weighted by Gasteiger charge is -2.66. The number of carbonyl (C=O) groups is 1. The summed E-state index contributed by atoms with van der Waals surface area (Å²) in [7, 11) is 0. The maximum atomic E-state index is 12.4. The number of aliphatic carboxylic acids is 1. The van der Waals surface area contributed by atoms with Crippen molar-refractivity contribution >= 4 is 5.97 Å². The van der Waals surface area contributed by atoms with Gasteiger partial charge in [-0.25, -0.2) is 0 Å². The quantitative estimate of drug-likeness (QED) is 0.216. The van der Waals surface area contributed by atoms with Gasteiger partial charge >= 0.3 is 5.97 Å². The van der Waals surface area contributed by atoms with Crippen LogP contribution in [-0.2, 0) is 14.3 Å². The molecule has 1 saturated heterocycles. The van der Waals surface area contributed by atoms with Gasteiger partial charge in [0.2, 0.25) is 0 Å². The summed E-state index contributed by atoms with van der Waals surface area (Å²) in [5, 5.41) is 84.9. The van der Waals surface area contributed by atoms with Crippen LogP contribution in [0.25, 0.3) is 0 Å². The van der Waals surface area contributed by atoms with Gasteiger partial charge in [-0.15, -0.1) is 0 Å². The average Bonchev–Trinajstić information content (AvgIpc) is 3.07. The first-order chi connectivity index (χ1) is 17.2. The molecule has 8 N–H and O–H groups in total. The highest BCUT2D eigenvalue weighted by Crippen LogP contribution is 2.72. The lowest BCUT2D eigenvalue weighted by atomic mass is 9.39. The standard InChI is InChI=1S/C26H42O11/c1-23-6-3-7-24(2,22(33)34)19(23)18(31)20(32)25-8-12(4-5-14(23)25)26(35,10-25)11-36-21-17(30)16(29)15(28)13(9-27)37-21/h12-21,27-32,35H,3-11H2,1-2H3,(H,33,34). The van der Waals surface area contributed by atoms with Gasteiger partial charge in [-0.05, 0) is 62.7 Å². The van der Waals surface area contributed by atoms with Gasteiger partial charge in [0.1, 0.15) is 24.4 Å². The summed E-state index contributed by atoms with van der Waals surface area (Å²) in [4.78, 5) is 12.4. The molecule has 1 spiro atoms. The molecule has 0 radical (unpaired) electrons. The number of aliphatic hydroxyl groups excluding tert-OH is 6. The summed E-state index contributed by atoms with van der Waals surface area (Å²) in [5.74, 6) is -1.94. The third-order valence-electron chi connectivity index (χ3n) is 11.2. The molecular formula is C26H42O11. The Hall–Kier alpha value is -0.890. The molecule has 11 heteroatoms. The van der Waals surface area contributed by atoms with Gasteiger partial charge in [-0.2, -0.15) is 0 Å². The largest absolute Gasteiger partial charge is 0.481 e. The van der Waals surface area contributed by atoms with E-state index in [1.54, 1.807) is 6.92 Å². The molecule has 0 aromatic carbocycles. The Morgan fingerprint density at radius 1 is 1.00 bits per heavy atom. The normalized spacial score (nSPS) is 57.4. The molecule has 212 valence electrons. The molecule has 4 aliphatic carbocycles. The van der Waals surface area contributed by atoms with Crippen LogP contribution in [0.3, 0.4) is 0 Å². The van der Waals surface area contributed by atoms with Gasteiger partial charge < -0.3 is 50.3 Å². The van der Waals surface area contributed by atoms with Crippen molar-refractivity contribution in [3.63, 3.8) is 0 Å². The molecule has 5 fully saturated rings. The van der Waals surface area contributed by atoms with Crippen LogP contribution >= 0.6 is 0 Å². The van der Waals surface area contributed by atoms with E-state index in [0.717, 1.165) is 6.42 Å². The van der Waals surface area contributed by atoms with Crippen molar-refractivity contribution in [3.05, 3.63) is 0 Å². The van der Waals surface area contributed by atoms with Gasteiger partial charge in [-0.1, -0.05) is 13.3 Å². The Morgan fingerprint density at radius 2 is 1.70 bits per heavy atom. The lowest BCUT2D eigenvalue weighted by Crippen LogP contribution is -2.69. The predicted octanol–water partition coefficient (Wildman–Crippen LogP) is -1.03. The van der Waals surface area contributed by atoms with Crippen LogP contribution in [0, 0.1) is 34.0 Å². The SMILES string of the molecule is CC1(C(=O)O)CCCC2(C)C1C(O)C(O)C13CC(CCC21)C(O)(COC1OC(CO)C(O)C(O)C1O)C3. The first kappa shape index (κ1) is 27.7. The molecule has 4 saturated carbocycles. The number of hydrogen-bond acceptors (Lipinski definition) is 10. The van der Waals surface area contributed by atoms with E-state index in [1.807, 2.05) is 6.92 Å². The lowest BCUT2D eigenvalue weighted by molar-refractivity contribution is -0.310. The molecule has 0 amide bonds. The Labute approximate surface area is 216 Å². The van der Waals surface area contributed by atoms with E-state index in [9.17, 15) is 45.6 Å². The second-order valence-electron chi connectivity index (χ2n) is 13.0. The summed E-state index contributed by atoms with van der Waals surface area (Å²) in [5.41, 5.74) is -3.93. The molecule has 5 aliphatic rings. The minimum absolute atomic E-state index is 0.0973. The molecule has 5 rings (SSSR count). The second-order valence-corrected chi connectivity index (χ2v) is 13.0. The fourth-order valence-corrected chi connectivity index (χ4v) is 9.54. The van der Waals surface area contributed by atoms with Crippen molar-refractivity contribution in [2.75, 3.05) is 13.2 Å². The zero-order valence-corrected chi connectivity index (χ0v) is 21.4. The Balaban J connectivity index is 1.40. The summed E-state index contributed by atoms with van der Waals surface area (Å²) in [6.07, 6.45) is -5.91. The zero-order valence-electron chi connectivity index (χ0n) is 21.4. The molecule has 1 heterocycles. The van der Waals surface area contributed by atoms with Crippen LogP contribution in [0.4, 0.5) is 0 Å². The Bertz CT molecular complexity index is 900. The number of carboxylic acids is 1. The van der Waals surface area contributed by atoms with Crippen LogP contribution in [0.2, 0.25) is 0 Å². The number of carboxylic acid groups (broad SMARTS) is 1. The third kappa shape index (κ3) is 3.76. The Morgan fingerprint density at radius 3 is 2.35 bits per heavy atom. The number of rotatable bonds is 5. The molecule has 14 atom stereocenters. The van der Waals surface area contributed by atoms with Crippen molar-refractivity contribution in [2.24, 2.45) is 34.0 Å². The first-order valence-corrected chi connectivity index (χ1v) is 13.5. The summed E-state index contributed by atoms with van der Waals surface area (Å²) < 4.78 is 11.2. The number of hydrogen-bond donors (Lipinski definition) is 8. The van der Waals surface area contributed by atoms with Gasteiger partial charge in [0.15, 0.2) is 6.29 Å². The van der Waals surface area contributed by atoms with Gasteiger partial charge in [0.25, 0.3) is 0 Å². The minimum atomic E-state index is -1.60. The summed E-state index contributed by atoms with van der Waals surface area (Å²) in [6, 6.07) is 0. The molecule has 0 aromatic heterocycles. The topological polar surface area (TPSA) is 197 Å². The molecular weight excluding hydrogens is 488 g/mol. The monoisotopic (exact) mass is 530 g/mol. The van der Waals surface area contributed by atoms with E-state index in [4.69, 9.17) is 9.47 Å². The van der Waals surface area contributed by atoms with Crippen molar-refractivity contribution in [1.29, 1.82) is 0 Å². The fourth-order valence-electron chi connectivity index (χ4n) is 9.54.